The molecular formula is C24H24FN5O2. The summed E-state index contributed by atoms with van der Waals surface area (Å²) in [4.78, 5) is 32.6. The normalized spacial score (nSPS) is 22.1. The molecule has 2 bridgehead atoms. The van der Waals surface area contributed by atoms with Crippen LogP contribution < -0.4 is 4.74 Å². The van der Waals surface area contributed by atoms with Crippen LogP contribution in [-0.2, 0) is 0 Å². The third kappa shape index (κ3) is 3.92. The molecule has 7 nitrogen and oxygen atoms in total. The van der Waals surface area contributed by atoms with Gasteiger partial charge >= 0.3 is 0 Å². The van der Waals surface area contributed by atoms with E-state index in [1.807, 2.05) is 30.9 Å². The van der Waals surface area contributed by atoms with Crippen molar-refractivity contribution in [3.05, 3.63) is 65.6 Å². The number of carbonyl (C=O) groups is 1. The van der Waals surface area contributed by atoms with Gasteiger partial charge in [-0.25, -0.2) is 24.3 Å². The number of aryl methyl sites for hydroxylation is 2. The molecule has 8 heteroatoms. The molecule has 1 saturated carbocycles. The molecule has 3 aromatic rings. The molecule has 32 heavy (non-hydrogen) atoms. The first-order valence-electron chi connectivity index (χ1n) is 10.8. The van der Waals surface area contributed by atoms with Crippen molar-refractivity contribution in [3.63, 3.8) is 0 Å². The fourth-order valence-electron chi connectivity index (χ4n) is 4.66. The van der Waals surface area contributed by atoms with Crippen LogP contribution >= 0.6 is 0 Å². The largest absolute Gasteiger partial charge is 0.472 e. The molecule has 3 fully saturated rings. The quantitative estimate of drug-likeness (QED) is 0.623. The lowest BCUT2D eigenvalue weighted by Gasteiger charge is -2.49. The highest BCUT2D eigenvalue weighted by Crippen LogP contribution is 2.38. The monoisotopic (exact) mass is 433 g/mol. The summed E-state index contributed by atoms with van der Waals surface area (Å²) >= 11 is 0. The molecule has 0 N–H and O–H groups in total. The minimum atomic E-state index is -0.528. The van der Waals surface area contributed by atoms with Crippen molar-refractivity contribution in [2.75, 3.05) is 6.54 Å². The Bertz CT molecular complexity index is 1140. The van der Waals surface area contributed by atoms with E-state index in [0.29, 0.717) is 23.9 Å². The van der Waals surface area contributed by atoms with Crippen LogP contribution in [0, 0.1) is 25.6 Å². The number of fused-ring (bicyclic) bond motifs is 3. The minimum Gasteiger partial charge on any atom is -0.472 e. The second-order valence-corrected chi connectivity index (χ2v) is 8.61. The van der Waals surface area contributed by atoms with Crippen molar-refractivity contribution in [1.29, 1.82) is 0 Å². The molecule has 2 aliphatic heterocycles. The van der Waals surface area contributed by atoms with Gasteiger partial charge in [0.05, 0.1) is 24.0 Å². The molecule has 3 aromatic heterocycles. The van der Waals surface area contributed by atoms with Crippen molar-refractivity contribution in [3.8, 4) is 17.3 Å². The van der Waals surface area contributed by atoms with Gasteiger partial charge < -0.3 is 9.64 Å². The smallest absolute Gasteiger partial charge is 0.273 e. The van der Waals surface area contributed by atoms with E-state index in [1.165, 1.54) is 0 Å². The average molecular weight is 433 g/mol. The maximum absolute atomic E-state index is 13.7. The number of hydrogen-bond donors (Lipinski definition) is 0. The lowest BCUT2D eigenvalue weighted by atomic mass is 9.77. The van der Waals surface area contributed by atoms with Crippen LogP contribution in [0.25, 0.3) is 11.4 Å². The van der Waals surface area contributed by atoms with E-state index in [2.05, 4.69) is 19.9 Å². The Kier molecular flexibility index (Phi) is 5.28. The summed E-state index contributed by atoms with van der Waals surface area (Å²) in [6, 6.07) is 7.36. The summed E-state index contributed by atoms with van der Waals surface area (Å²) in [5, 5.41) is 0. The minimum absolute atomic E-state index is 0.0556. The van der Waals surface area contributed by atoms with E-state index in [0.717, 1.165) is 42.9 Å². The average Bonchev–Trinajstić information content (AvgIpc) is 2.81. The highest BCUT2D eigenvalue weighted by atomic mass is 19.1. The van der Waals surface area contributed by atoms with Crippen molar-refractivity contribution in [1.82, 2.24) is 24.8 Å². The Morgan fingerprint density at radius 3 is 2.59 bits per heavy atom. The number of ether oxygens (including phenoxy) is 1. The Balaban J connectivity index is 1.44. The van der Waals surface area contributed by atoms with Crippen LogP contribution in [0.3, 0.4) is 0 Å². The molecule has 0 aromatic carbocycles. The number of amides is 1. The molecule has 0 spiro atoms. The van der Waals surface area contributed by atoms with Gasteiger partial charge in [-0.1, -0.05) is 6.07 Å². The zero-order valence-corrected chi connectivity index (χ0v) is 18.0. The second kappa shape index (κ2) is 8.26. The zero-order chi connectivity index (χ0) is 22.2. The fourth-order valence-corrected chi connectivity index (χ4v) is 4.66. The first kappa shape index (κ1) is 20.5. The van der Waals surface area contributed by atoms with Gasteiger partial charge in [-0.2, -0.15) is 0 Å². The maximum Gasteiger partial charge on any atom is 0.273 e. The maximum atomic E-state index is 13.7. The van der Waals surface area contributed by atoms with Crippen LogP contribution in [0.1, 0.15) is 41.0 Å². The van der Waals surface area contributed by atoms with Crippen LogP contribution in [0.2, 0.25) is 0 Å². The first-order valence-corrected chi connectivity index (χ1v) is 10.8. The van der Waals surface area contributed by atoms with Crippen molar-refractivity contribution >= 4 is 5.91 Å². The van der Waals surface area contributed by atoms with Gasteiger partial charge in [0.1, 0.15) is 11.8 Å². The van der Waals surface area contributed by atoms with Gasteiger partial charge in [-0.15, -0.1) is 0 Å². The molecule has 3 atom stereocenters. The van der Waals surface area contributed by atoms with E-state index in [4.69, 9.17) is 4.74 Å². The van der Waals surface area contributed by atoms with Gasteiger partial charge in [0.15, 0.2) is 11.6 Å². The predicted molar refractivity (Wildman–Crippen MR) is 116 cm³/mol. The Labute approximate surface area is 185 Å². The Hall–Kier alpha value is -3.42. The molecule has 2 saturated heterocycles. The van der Waals surface area contributed by atoms with E-state index in [-0.39, 0.29) is 29.6 Å². The number of carbonyl (C=O) groups excluding carboxylic acids is 1. The van der Waals surface area contributed by atoms with Gasteiger partial charge in [0, 0.05) is 24.5 Å². The summed E-state index contributed by atoms with van der Waals surface area (Å²) in [5.74, 6) is 0.529. The molecule has 1 amide bonds. The van der Waals surface area contributed by atoms with E-state index < -0.39 is 5.82 Å². The Morgan fingerprint density at radius 1 is 1.06 bits per heavy atom. The third-order valence-electron chi connectivity index (χ3n) is 6.24. The summed E-state index contributed by atoms with van der Waals surface area (Å²) in [6.45, 7) is 4.49. The molecule has 0 radical (unpaired) electrons. The summed E-state index contributed by atoms with van der Waals surface area (Å²) in [5.41, 5.74) is 2.58. The number of pyridine rings is 2. The van der Waals surface area contributed by atoms with Gasteiger partial charge in [-0.3, -0.25) is 4.79 Å². The summed E-state index contributed by atoms with van der Waals surface area (Å²) < 4.78 is 19.5. The predicted octanol–water partition coefficient (Wildman–Crippen LogP) is 3.76. The van der Waals surface area contributed by atoms with E-state index in [9.17, 15) is 9.18 Å². The van der Waals surface area contributed by atoms with Crippen molar-refractivity contribution in [2.24, 2.45) is 5.92 Å². The number of halogens is 1. The number of hydrogen-bond acceptors (Lipinski definition) is 6. The Morgan fingerprint density at radius 2 is 1.88 bits per heavy atom. The highest BCUT2D eigenvalue weighted by molar-refractivity contribution is 5.98. The molecule has 6 rings (SSSR count). The topological polar surface area (TPSA) is 81.1 Å². The fraction of sp³-hybridized carbons (Fsp3) is 0.375. The standard InChI is InChI=1S/C24H24FN5O2/c1-14-3-8-21(26-10-14)32-20-9-16-5-7-19(20)30(13-16)24(31)22-18(6-4-15(2)29-22)23-27-11-17(25)12-28-23/h3-4,6,8,10-12,16,19-20H,5,7,9,13H2,1-2H3. The summed E-state index contributed by atoms with van der Waals surface area (Å²) in [7, 11) is 0. The van der Waals surface area contributed by atoms with Gasteiger partial charge in [0.25, 0.3) is 5.91 Å². The molecular weight excluding hydrogens is 409 g/mol. The highest BCUT2D eigenvalue weighted by Gasteiger charge is 2.45. The zero-order valence-electron chi connectivity index (χ0n) is 18.0. The SMILES string of the molecule is Cc1ccc(OC2CC3CCC2N(C(=O)c2nc(C)ccc2-c2ncc(F)cn2)C3)nc1. The van der Waals surface area contributed by atoms with Gasteiger partial charge in [0.2, 0.25) is 5.88 Å². The van der Waals surface area contributed by atoms with Crippen LogP contribution in [0.4, 0.5) is 4.39 Å². The number of nitrogens with zero attached hydrogens (tertiary/aromatic N) is 5. The molecule has 3 aliphatic rings. The van der Waals surface area contributed by atoms with Crippen LogP contribution in [0.5, 0.6) is 5.88 Å². The molecule has 164 valence electrons. The van der Waals surface area contributed by atoms with Gasteiger partial charge in [-0.05, 0) is 56.7 Å². The third-order valence-corrected chi connectivity index (χ3v) is 6.24. The molecule has 5 heterocycles. The van der Waals surface area contributed by atoms with Crippen molar-refractivity contribution in [2.45, 2.75) is 45.3 Å². The van der Waals surface area contributed by atoms with Crippen molar-refractivity contribution < 1.29 is 13.9 Å². The molecule has 3 unspecified atom stereocenters. The van der Waals surface area contributed by atoms with Crippen LogP contribution in [0.15, 0.2) is 42.9 Å². The number of piperidine rings is 2. The lowest BCUT2D eigenvalue weighted by Crippen LogP contribution is -2.59. The van der Waals surface area contributed by atoms with E-state index >= 15 is 0 Å². The molecule has 1 aliphatic carbocycles. The number of aromatic nitrogens is 4. The second-order valence-electron chi connectivity index (χ2n) is 8.61. The first-order chi connectivity index (χ1) is 15.5. The number of rotatable bonds is 4. The van der Waals surface area contributed by atoms with E-state index in [1.54, 1.807) is 18.3 Å². The van der Waals surface area contributed by atoms with Crippen LogP contribution in [-0.4, -0.2) is 49.4 Å². The lowest BCUT2D eigenvalue weighted by molar-refractivity contribution is -0.0315. The summed E-state index contributed by atoms with van der Waals surface area (Å²) in [6.07, 6.45) is 6.71.